The van der Waals surface area contributed by atoms with Crippen LogP contribution in [0.5, 0.6) is 0 Å². The normalized spacial score (nSPS) is 17.4. The summed E-state index contributed by atoms with van der Waals surface area (Å²) < 4.78 is 5.73. The van der Waals surface area contributed by atoms with E-state index in [1.165, 1.54) is 11.8 Å². The van der Waals surface area contributed by atoms with E-state index in [1.807, 2.05) is 54.6 Å². The third-order valence-corrected chi connectivity index (χ3v) is 4.52. The van der Waals surface area contributed by atoms with Crippen molar-refractivity contribution in [3.05, 3.63) is 71.3 Å². The minimum atomic E-state index is -1.03. The van der Waals surface area contributed by atoms with Crippen LogP contribution in [0.1, 0.15) is 29.7 Å². The van der Waals surface area contributed by atoms with Crippen molar-refractivity contribution in [1.29, 1.82) is 0 Å². The van der Waals surface area contributed by atoms with Gasteiger partial charge in [0, 0.05) is 6.54 Å². The van der Waals surface area contributed by atoms with Gasteiger partial charge in [-0.2, -0.15) is 0 Å². The van der Waals surface area contributed by atoms with E-state index in [4.69, 9.17) is 4.74 Å². The van der Waals surface area contributed by atoms with Crippen LogP contribution in [0.15, 0.2) is 54.6 Å². The summed E-state index contributed by atoms with van der Waals surface area (Å²) in [5.41, 5.74) is 2.79. The van der Waals surface area contributed by atoms with Crippen molar-refractivity contribution in [3.63, 3.8) is 0 Å². The van der Waals surface area contributed by atoms with Crippen molar-refractivity contribution < 1.29 is 19.4 Å². The number of rotatable bonds is 5. The summed E-state index contributed by atoms with van der Waals surface area (Å²) >= 11 is 0. The molecule has 1 N–H and O–H groups in total. The first-order valence-corrected chi connectivity index (χ1v) is 8.34. The Morgan fingerprint density at radius 3 is 2.56 bits per heavy atom. The van der Waals surface area contributed by atoms with E-state index >= 15 is 0 Å². The first-order valence-electron chi connectivity index (χ1n) is 8.34. The third-order valence-electron chi connectivity index (χ3n) is 4.52. The Balaban J connectivity index is 1.91. The van der Waals surface area contributed by atoms with Crippen molar-refractivity contribution in [2.45, 2.75) is 32.0 Å². The van der Waals surface area contributed by atoms with Gasteiger partial charge >= 0.3 is 5.97 Å². The maximum Gasteiger partial charge on any atom is 0.326 e. The van der Waals surface area contributed by atoms with Crippen LogP contribution >= 0.6 is 0 Å². The molecule has 1 amide bonds. The van der Waals surface area contributed by atoms with E-state index in [9.17, 15) is 14.7 Å². The van der Waals surface area contributed by atoms with E-state index in [1.54, 1.807) is 0 Å². The summed E-state index contributed by atoms with van der Waals surface area (Å²) in [7, 11) is 0. The molecule has 2 atom stereocenters. The van der Waals surface area contributed by atoms with Gasteiger partial charge < -0.3 is 14.7 Å². The van der Waals surface area contributed by atoms with Crippen molar-refractivity contribution in [1.82, 2.24) is 4.90 Å². The number of hydrogen-bond acceptors (Lipinski definition) is 3. The highest BCUT2D eigenvalue weighted by molar-refractivity contribution is 5.87. The number of nitrogens with zero attached hydrogens (tertiary/aromatic N) is 1. The minimum Gasteiger partial charge on any atom is -0.480 e. The van der Waals surface area contributed by atoms with Gasteiger partial charge in [0.2, 0.25) is 0 Å². The van der Waals surface area contributed by atoms with Gasteiger partial charge in [-0.15, -0.1) is 0 Å². The molecule has 0 spiro atoms. The maximum atomic E-state index is 13.1. The first kappa shape index (κ1) is 17.2. The lowest BCUT2D eigenvalue weighted by Crippen LogP contribution is -2.46. The highest BCUT2D eigenvalue weighted by Gasteiger charge is 2.35. The molecule has 0 bridgehead atoms. The Labute approximate surface area is 146 Å². The van der Waals surface area contributed by atoms with Gasteiger partial charge in [0.1, 0.15) is 6.04 Å². The van der Waals surface area contributed by atoms with E-state index in [-0.39, 0.29) is 12.5 Å². The standard InChI is InChI=1S/C20H21NO4/c1-14(20(23)24)21(13-15-7-3-2-4-8-15)19(22)18-17-10-6-5-9-16(17)11-12-25-18/h2-10,14,18H,11-13H2,1H3,(H,23,24). The van der Waals surface area contributed by atoms with Crippen molar-refractivity contribution in [2.75, 3.05) is 6.61 Å². The molecule has 2 aromatic carbocycles. The Hall–Kier alpha value is -2.66. The topological polar surface area (TPSA) is 66.8 Å². The Kier molecular flexibility index (Phi) is 5.14. The molecule has 0 fully saturated rings. The van der Waals surface area contributed by atoms with Crippen molar-refractivity contribution in [3.8, 4) is 0 Å². The molecule has 3 rings (SSSR count). The molecule has 2 unspecified atom stereocenters. The molecule has 0 saturated carbocycles. The van der Waals surface area contributed by atoms with Crippen LogP contribution in [0.4, 0.5) is 0 Å². The fourth-order valence-electron chi connectivity index (χ4n) is 3.07. The molecular weight excluding hydrogens is 318 g/mol. The summed E-state index contributed by atoms with van der Waals surface area (Å²) in [4.78, 5) is 26.1. The minimum absolute atomic E-state index is 0.231. The molecule has 5 heteroatoms. The van der Waals surface area contributed by atoms with E-state index in [0.717, 1.165) is 23.1 Å². The van der Waals surface area contributed by atoms with Crippen LogP contribution in [-0.4, -0.2) is 34.5 Å². The molecular formula is C20H21NO4. The number of carboxylic acids is 1. The average Bonchev–Trinajstić information content (AvgIpc) is 2.65. The lowest BCUT2D eigenvalue weighted by atomic mass is 9.96. The molecule has 130 valence electrons. The SMILES string of the molecule is CC(C(=O)O)N(Cc1ccccc1)C(=O)C1OCCc2ccccc21. The van der Waals surface area contributed by atoms with E-state index < -0.39 is 18.1 Å². The van der Waals surface area contributed by atoms with Crippen LogP contribution in [0.3, 0.4) is 0 Å². The van der Waals surface area contributed by atoms with Crippen LogP contribution in [-0.2, 0) is 27.3 Å². The fourth-order valence-corrected chi connectivity index (χ4v) is 3.07. The molecule has 0 radical (unpaired) electrons. The fraction of sp³-hybridized carbons (Fsp3) is 0.300. The highest BCUT2D eigenvalue weighted by Crippen LogP contribution is 2.29. The van der Waals surface area contributed by atoms with Gasteiger partial charge in [-0.3, -0.25) is 4.79 Å². The van der Waals surface area contributed by atoms with Gasteiger partial charge in [0.15, 0.2) is 6.10 Å². The molecule has 1 aliphatic rings. The number of ether oxygens (including phenoxy) is 1. The Bertz CT molecular complexity index is 759. The van der Waals surface area contributed by atoms with Gasteiger partial charge in [-0.1, -0.05) is 54.6 Å². The van der Waals surface area contributed by atoms with E-state index in [2.05, 4.69) is 0 Å². The molecule has 0 aromatic heterocycles. The lowest BCUT2D eigenvalue weighted by Gasteiger charge is -2.33. The highest BCUT2D eigenvalue weighted by atomic mass is 16.5. The summed E-state index contributed by atoms with van der Waals surface area (Å²) in [6, 6.07) is 16.1. The summed E-state index contributed by atoms with van der Waals surface area (Å²) in [5, 5.41) is 9.44. The van der Waals surface area contributed by atoms with Gasteiger partial charge in [-0.25, -0.2) is 4.79 Å². The number of carboxylic acid groups (broad SMARTS) is 1. The number of benzene rings is 2. The quantitative estimate of drug-likeness (QED) is 0.910. The van der Waals surface area contributed by atoms with Crippen LogP contribution < -0.4 is 0 Å². The van der Waals surface area contributed by atoms with Gasteiger partial charge in [0.25, 0.3) is 5.91 Å². The van der Waals surface area contributed by atoms with Gasteiger partial charge in [-0.05, 0) is 30.0 Å². The molecule has 1 heterocycles. The number of aliphatic carboxylic acids is 1. The maximum absolute atomic E-state index is 13.1. The van der Waals surface area contributed by atoms with Crippen molar-refractivity contribution >= 4 is 11.9 Å². The summed E-state index contributed by atoms with van der Waals surface area (Å²) in [6.07, 6.45) is 0.00286. The zero-order chi connectivity index (χ0) is 17.8. The molecule has 5 nitrogen and oxygen atoms in total. The molecule has 25 heavy (non-hydrogen) atoms. The predicted molar refractivity (Wildman–Crippen MR) is 92.9 cm³/mol. The number of hydrogen-bond donors (Lipinski definition) is 1. The average molecular weight is 339 g/mol. The Morgan fingerprint density at radius 2 is 1.84 bits per heavy atom. The van der Waals surface area contributed by atoms with Crippen LogP contribution in [0, 0.1) is 0 Å². The Morgan fingerprint density at radius 1 is 1.16 bits per heavy atom. The monoisotopic (exact) mass is 339 g/mol. The second-order valence-electron chi connectivity index (χ2n) is 6.17. The predicted octanol–water partition coefficient (Wildman–Crippen LogP) is 2.80. The van der Waals surface area contributed by atoms with Gasteiger partial charge in [0.05, 0.1) is 6.61 Å². The molecule has 1 aliphatic heterocycles. The molecule has 2 aromatic rings. The second kappa shape index (κ2) is 7.49. The second-order valence-corrected chi connectivity index (χ2v) is 6.17. The molecule has 0 aliphatic carbocycles. The number of carbonyl (C=O) groups excluding carboxylic acids is 1. The zero-order valence-electron chi connectivity index (χ0n) is 14.1. The first-order chi connectivity index (χ1) is 12.1. The summed E-state index contributed by atoms with van der Waals surface area (Å²) in [5.74, 6) is -1.35. The number of fused-ring (bicyclic) bond motifs is 1. The van der Waals surface area contributed by atoms with Crippen molar-refractivity contribution in [2.24, 2.45) is 0 Å². The number of carbonyl (C=O) groups is 2. The molecule has 0 saturated heterocycles. The zero-order valence-corrected chi connectivity index (χ0v) is 14.1. The summed E-state index contributed by atoms with van der Waals surface area (Å²) in [6.45, 7) is 2.21. The third kappa shape index (κ3) is 3.72. The number of amides is 1. The van der Waals surface area contributed by atoms with Crippen LogP contribution in [0.2, 0.25) is 0 Å². The van der Waals surface area contributed by atoms with E-state index in [0.29, 0.717) is 6.61 Å². The van der Waals surface area contributed by atoms with Crippen LogP contribution in [0.25, 0.3) is 0 Å². The smallest absolute Gasteiger partial charge is 0.326 e. The lowest BCUT2D eigenvalue weighted by molar-refractivity contribution is -0.157. The largest absolute Gasteiger partial charge is 0.480 e.